The number of halogens is 1. The largest absolute Gasteiger partial charge is 0.494 e. The van der Waals surface area contributed by atoms with Crippen LogP contribution in [0.5, 0.6) is 5.75 Å². The molecular formula is C14H16ClN3O2. The second-order valence-electron chi connectivity index (χ2n) is 4.81. The molecule has 1 unspecified atom stereocenters. The van der Waals surface area contributed by atoms with E-state index < -0.39 is 0 Å². The lowest BCUT2D eigenvalue weighted by molar-refractivity contribution is -0.125. The van der Waals surface area contributed by atoms with Crippen molar-refractivity contribution >= 4 is 28.5 Å². The van der Waals surface area contributed by atoms with Crippen molar-refractivity contribution in [2.45, 2.75) is 24.8 Å². The molecule has 0 spiro atoms. The number of rotatable bonds is 3. The summed E-state index contributed by atoms with van der Waals surface area (Å²) in [5.41, 5.74) is 1.64. The fraction of sp³-hybridized carbons (Fsp3) is 0.429. The van der Waals surface area contributed by atoms with Crippen LogP contribution in [0, 0.1) is 0 Å². The van der Waals surface area contributed by atoms with E-state index in [1.165, 1.54) is 0 Å². The Kier molecular flexibility index (Phi) is 3.53. The number of imidazole rings is 1. The normalized spacial score (nSPS) is 19.1. The number of amides is 1. The van der Waals surface area contributed by atoms with Crippen LogP contribution in [0.3, 0.4) is 0 Å². The number of nitrogens with zero attached hydrogens (tertiary/aromatic N) is 2. The molecule has 6 heteroatoms. The molecule has 1 N–H and O–H groups in total. The zero-order valence-electron chi connectivity index (χ0n) is 11.2. The number of para-hydroxylation sites is 1. The summed E-state index contributed by atoms with van der Waals surface area (Å²) in [4.78, 5) is 16.7. The lowest BCUT2D eigenvalue weighted by Gasteiger charge is -2.25. The molecule has 20 heavy (non-hydrogen) atoms. The molecule has 1 saturated heterocycles. The smallest absolute Gasteiger partial charge is 0.243 e. The minimum absolute atomic E-state index is 0.0322. The lowest BCUT2D eigenvalue weighted by Crippen LogP contribution is -2.38. The number of carbonyl (C=O) groups is 1. The topological polar surface area (TPSA) is 56.1 Å². The highest BCUT2D eigenvalue weighted by atomic mass is 35.5. The van der Waals surface area contributed by atoms with Crippen LogP contribution in [0.25, 0.3) is 11.0 Å². The van der Waals surface area contributed by atoms with Gasteiger partial charge in [0, 0.05) is 6.54 Å². The summed E-state index contributed by atoms with van der Waals surface area (Å²) < 4.78 is 7.28. The van der Waals surface area contributed by atoms with E-state index in [1.54, 1.807) is 7.11 Å². The summed E-state index contributed by atoms with van der Waals surface area (Å²) in [7, 11) is 1.61. The first-order valence-corrected chi connectivity index (χ1v) is 7.17. The van der Waals surface area contributed by atoms with Gasteiger partial charge in [-0.25, -0.2) is 4.98 Å². The molecule has 5 nitrogen and oxygen atoms in total. The number of benzene rings is 1. The monoisotopic (exact) mass is 293 g/mol. The molecule has 106 valence electrons. The van der Waals surface area contributed by atoms with E-state index in [1.807, 2.05) is 22.8 Å². The van der Waals surface area contributed by atoms with E-state index in [-0.39, 0.29) is 17.8 Å². The third kappa shape index (κ3) is 2.02. The molecule has 1 atom stereocenters. The predicted octanol–water partition coefficient (Wildman–Crippen LogP) is 2.23. The molecule has 3 rings (SSSR count). The number of nitrogens with one attached hydrogen (secondary N) is 1. The van der Waals surface area contributed by atoms with Crippen LogP contribution in [0.1, 0.15) is 24.7 Å². The molecular weight excluding hydrogens is 278 g/mol. The third-order valence-electron chi connectivity index (χ3n) is 3.66. The van der Waals surface area contributed by atoms with Gasteiger partial charge in [0.05, 0.1) is 18.5 Å². The maximum Gasteiger partial charge on any atom is 0.243 e. The minimum Gasteiger partial charge on any atom is -0.494 e. The summed E-state index contributed by atoms with van der Waals surface area (Å²) in [6.07, 6.45) is 1.76. The van der Waals surface area contributed by atoms with Crippen molar-refractivity contribution < 1.29 is 9.53 Å². The van der Waals surface area contributed by atoms with Crippen molar-refractivity contribution in [3.63, 3.8) is 0 Å². The number of hydrogen-bond acceptors (Lipinski definition) is 3. The first-order chi connectivity index (χ1) is 9.76. The van der Waals surface area contributed by atoms with Crippen LogP contribution in [-0.2, 0) is 10.7 Å². The molecule has 2 aromatic rings. The number of aromatic nitrogens is 2. The van der Waals surface area contributed by atoms with Crippen molar-refractivity contribution in [2.24, 2.45) is 0 Å². The van der Waals surface area contributed by atoms with E-state index in [2.05, 4.69) is 10.3 Å². The summed E-state index contributed by atoms with van der Waals surface area (Å²) in [6, 6.07) is 5.47. The highest BCUT2D eigenvalue weighted by Gasteiger charge is 2.28. The predicted molar refractivity (Wildman–Crippen MR) is 77.1 cm³/mol. The number of piperidine rings is 1. The van der Waals surface area contributed by atoms with Gasteiger partial charge in [-0.05, 0) is 25.0 Å². The van der Waals surface area contributed by atoms with Crippen LogP contribution in [0.2, 0.25) is 0 Å². The molecule has 1 amide bonds. The number of fused-ring (bicyclic) bond motifs is 1. The zero-order valence-corrected chi connectivity index (χ0v) is 12.0. The van der Waals surface area contributed by atoms with Crippen molar-refractivity contribution in [3.05, 3.63) is 24.0 Å². The van der Waals surface area contributed by atoms with Gasteiger partial charge in [-0.1, -0.05) is 6.07 Å². The second kappa shape index (κ2) is 5.32. The SMILES string of the molecule is COc1cccc2c1nc(CCl)n2C1CCCNC1=O. The molecule has 1 aromatic carbocycles. The fourth-order valence-corrected chi connectivity index (χ4v) is 2.94. The van der Waals surface area contributed by atoms with Gasteiger partial charge in [-0.3, -0.25) is 4.79 Å². The van der Waals surface area contributed by atoms with E-state index in [9.17, 15) is 4.79 Å². The summed E-state index contributed by atoms with van der Waals surface area (Å²) >= 11 is 6.01. The van der Waals surface area contributed by atoms with E-state index in [0.29, 0.717) is 11.6 Å². The van der Waals surface area contributed by atoms with E-state index in [4.69, 9.17) is 16.3 Å². The van der Waals surface area contributed by atoms with Gasteiger partial charge >= 0.3 is 0 Å². The van der Waals surface area contributed by atoms with Gasteiger partial charge in [-0.15, -0.1) is 11.6 Å². The van der Waals surface area contributed by atoms with Crippen molar-refractivity contribution in [2.75, 3.05) is 13.7 Å². The number of alkyl halides is 1. The number of methoxy groups -OCH3 is 1. The maximum absolute atomic E-state index is 12.1. The molecule has 0 bridgehead atoms. The Labute approximate surface area is 121 Å². The van der Waals surface area contributed by atoms with E-state index in [0.717, 1.165) is 30.4 Å². The molecule has 2 heterocycles. The fourth-order valence-electron chi connectivity index (χ4n) is 2.75. The zero-order chi connectivity index (χ0) is 14.1. The van der Waals surface area contributed by atoms with Gasteiger partial charge in [0.1, 0.15) is 23.1 Å². The van der Waals surface area contributed by atoms with E-state index >= 15 is 0 Å². The van der Waals surface area contributed by atoms with Crippen LogP contribution < -0.4 is 10.1 Å². The molecule has 0 saturated carbocycles. The Morgan fingerprint density at radius 3 is 3.10 bits per heavy atom. The summed E-state index contributed by atoms with van der Waals surface area (Å²) in [5.74, 6) is 1.70. The molecule has 0 radical (unpaired) electrons. The molecule has 1 aliphatic rings. The number of ether oxygens (including phenoxy) is 1. The van der Waals surface area contributed by atoms with Crippen molar-refractivity contribution in [3.8, 4) is 5.75 Å². The Bertz CT molecular complexity index is 653. The van der Waals surface area contributed by atoms with Gasteiger partial charge in [0.15, 0.2) is 0 Å². The van der Waals surface area contributed by atoms with Gasteiger partial charge in [0.2, 0.25) is 5.91 Å². The quantitative estimate of drug-likeness (QED) is 0.883. The average Bonchev–Trinajstić information content (AvgIpc) is 2.86. The standard InChI is InChI=1S/C14H16ClN3O2/c1-20-11-6-2-4-9-13(11)17-12(8-15)18(9)10-5-3-7-16-14(10)19/h2,4,6,10H,3,5,7-8H2,1H3,(H,16,19). The maximum atomic E-state index is 12.1. The Hall–Kier alpha value is -1.75. The lowest BCUT2D eigenvalue weighted by atomic mass is 10.1. The second-order valence-corrected chi connectivity index (χ2v) is 5.08. The van der Waals surface area contributed by atoms with Crippen LogP contribution in [0.4, 0.5) is 0 Å². The van der Waals surface area contributed by atoms with Crippen LogP contribution >= 0.6 is 11.6 Å². The van der Waals surface area contributed by atoms with Crippen LogP contribution in [-0.4, -0.2) is 29.1 Å². The first kappa shape index (κ1) is 13.2. The van der Waals surface area contributed by atoms with Gasteiger partial charge in [-0.2, -0.15) is 0 Å². The third-order valence-corrected chi connectivity index (χ3v) is 3.90. The Morgan fingerprint density at radius 2 is 2.40 bits per heavy atom. The molecule has 0 aliphatic carbocycles. The van der Waals surface area contributed by atoms with Crippen molar-refractivity contribution in [1.82, 2.24) is 14.9 Å². The van der Waals surface area contributed by atoms with Crippen LogP contribution in [0.15, 0.2) is 18.2 Å². The molecule has 1 aromatic heterocycles. The Morgan fingerprint density at radius 1 is 1.55 bits per heavy atom. The molecule has 1 fully saturated rings. The van der Waals surface area contributed by atoms with Gasteiger partial charge in [0.25, 0.3) is 0 Å². The minimum atomic E-state index is -0.241. The first-order valence-electron chi connectivity index (χ1n) is 6.63. The van der Waals surface area contributed by atoms with Crippen molar-refractivity contribution in [1.29, 1.82) is 0 Å². The number of hydrogen-bond donors (Lipinski definition) is 1. The summed E-state index contributed by atoms with van der Waals surface area (Å²) in [6.45, 7) is 0.738. The highest BCUT2D eigenvalue weighted by molar-refractivity contribution is 6.17. The molecule has 1 aliphatic heterocycles. The number of carbonyl (C=O) groups excluding carboxylic acids is 1. The average molecular weight is 294 g/mol. The summed E-state index contributed by atoms with van der Waals surface area (Å²) in [5, 5.41) is 2.90. The Balaban J connectivity index is 2.20. The van der Waals surface area contributed by atoms with Gasteiger partial charge < -0.3 is 14.6 Å². The highest BCUT2D eigenvalue weighted by Crippen LogP contribution is 2.31.